The molecule has 0 saturated heterocycles. The van der Waals surface area contributed by atoms with Crippen molar-refractivity contribution >= 4 is 23.3 Å². The van der Waals surface area contributed by atoms with Gasteiger partial charge in [-0.3, -0.25) is 0 Å². The average molecular weight is 299 g/mol. The Bertz CT molecular complexity index is 448. The molecule has 3 N–H and O–H groups in total. The van der Waals surface area contributed by atoms with Crippen molar-refractivity contribution in [3.63, 3.8) is 0 Å². The van der Waals surface area contributed by atoms with Gasteiger partial charge in [0, 0.05) is 11.4 Å². The SMILES string of the molecule is CCCCCC(C)NC(=O)NCc1nc(C(=O)O)cs1. The fraction of sp³-hybridized carbons (Fsp3) is 0.615. The minimum Gasteiger partial charge on any atom is -0.476 e. The summed E-state index contributed by atoms with van der Waals surface area (Å²) < 4.78 is 0. The van der Waals surface area contributed by atoms with Gasteiger partial charge < -0.3 is 15.7 Å². The summed E-state index contributed by atoms with van der Waals surface area (Å²) >= 11 is 1.22. The van der Waals surface area contributed by atoms with Gasteiger partial charge in [-0.25, -0.2) is 14.6 Å². The predicted octanol–water partition coefficient (Wildman–Crippen LogP) is 2.61. The Balaban J connectivity index is 2.26. The van der Waals surface area contributed by atoms with E-state index in [2.05, 4.69) is 22.5 Å². The van der Waals surface area contributed by atoms with Crippen molar-refractivity contribution in [3.05, 3.63) is 16.1 Å². The van der Waals surface area contributed by atoms with E-state index in [0.29, 0.717) is 5.01 Å². The summed E-state index contributed by atoms with van der Waals surface area (Å²) in [4.78, 5) is 26.2. The first-order valence-electron chi connectivity index (χ1n) is 6.75. The van der Waals surface area contributed by atoms with Gasteiger partial charge in [-0.2, -0.15) is 0 Å². The number of nitrogens with zero attached hydrogens (tertiary/aromatic N) is 1. The van der Waals surface area contributed by atoms with Crippen molar-refractivity contribution in [3.8, 4) is 0 Å². The lowest BCUT2D eigenvalue weighted by Crippen LogP contribution is -2.40. The normalized spacial score (nSPS) is 11.9. The van der Waals surface area contributed by atoms with E-state index in [1.807, 2.05) is 6.92 Å². The van der Waals surface area contributed by atoms with Crippen LogP contribution in [0.5, 0.6) is 0 Å². The molecule has 0 fully saturated rings. The van der Waals surface area contributed by atoms with E-state index < -0.39 is 5.97 Å². The van der Waals surface area contributed by atoms with Gasteiger partial charge in [-0.05, 0) is 13.3 Å². The summed E-state index contributed by atoms with van der Waals surface area (Å²) in [7, 11) is 0. The molecule has 0 aliphatic carbocycles. The van der Waals surface area contributed by atoms with E-state index in [-0.39, 0.29) is 24.3 Å². The van der Waals surface area contributed by atoms with Crippen molar-refractivity contribution in [1.29, 1.82) is 0 Å². The van der Waals surface area contributed by atoms with Gasteiger partial charge in [0.15, 0.2) is 5.69 Å². The summed E-state index contributed by atoms with van der Waals surface area (Å²) in [6, 6.07) is -0.117. The number of carboxylic acids is 1. The molecule has 0 aromatic carbocycles. The van der Waals surface area contributed by atoms with Crippen LogP contribution in [-0.4, -0.2) is 28.1 Å². The number of rotatable bonds is 8. The lowest BCUT2D eigenvalue weighted by atomic mass is 10.1. The molecule has 0 aliphatic heterocycles. The number of carbonyl (C=O) groups excluding carboxylic acids is 1. The number of aromatic nitrogens is 1. The lowest BCUT2D eigenvalue weighted by molar-refractivity contribution is 0.0691. The fourth-order valence-corrected chi connectivity index (χ4v) is 2.40. The number of aromatic carboxylic acids is 1. The number of carboxylic acid groups (broad SMARTS) is 1. The minimum absolute atomic E-state index is 0.0140. The van der Waals surface area contributed by atoms with E-state index in [4.69, 9.17) is 5.11 Å². The smallest absolute Gasteiger partial charge is 0.355 e. The van der Waals surface area contributed by atoms with Crippen molar-refractivity contribution in [2.24, 2.45) is 0 Å². The zero-order chi connectivity index (χ0) is 15.0. The summed E-state index contributed by atoms with van der Waals surface area (Å²) in [6.45, 7) is 4.36. The molecule has 1 aromatic heterocycles. The molecule has 0 bridgehead atoms. The van der Waals surface area contributed by atoms with Crippen LogP contribution in [0.1, 0.15) is 55.0 Å². The number of urea groups is 1. The van der Waals surface area contributed by atoms with E-state index in [1.54, 1.807) is 0 Å². The van der Waals surface area contributed by atoms with Crippen LogP contribution in [0.4, 0.5) is 4.79 Å². The number of hydrogen-bond acceptors (Lipinski definition) is 4. The van der Waals surface area contributed by atoms with Crippen LogP contribution in [0.15, 0.2) is 5.38 Å². The maximum Gasteiger partial charge on any atom is 0.355 e. The Labute approximate surface area is 122 Å². The zero-order valence-electron chi connectivity index (χ0n) is 11.8. The Morgan fingerprint density at radius 1 is 1.45 bits per heavy atom. The van der Waals surface area contributed by atoms with Gasteiger partial charge in [-0.1, -0.05) is 26.2 Å². The molecule has 0 saturated carbocycles. The topological polar surface area (TPSA) is 91.3 Å². The molecule has 1 rings (SSSR count). The van der Waals surface area contributed by atoms with Gasteiger partial charge in [-0.15, -0.1) is 11.3 Å². The Kier molecular flexibility index (Phi) is 7.00. The quantitative estimate of drug-likeness (QED) is 0.643. The average Bonchev–Trinajstić information content (AvgIpc) is 2.85. The Morgan fingerprint density at radius 3 is 2.80 bits per heavy atom. The van der Waals surface area contributed by atoms with Crippen molar-refractivity contribution in [2.75, 3.05) is 0 Å². The molecule has 1 aromatic rings. The van der Waals surface area contributed by atoms with E-state index in [1.165, 1.54) is 23.1 Å². The summed E-state index contributed by atoms with van der Waals surface area (Å²) in [5, 5.41) is 16.3. The summed E-state index contributed by atoms with van der Waals surface area (Å²) in [5.41, 5.74) is 0.0140. The molecule has 7 heteroatoms. The highest BCUT2D eigenvalue weighted by Gasteiger charge is 2.10. The predicted molar refractivity (Wildman–Crippen MR) is 78.0 cm³/mol. The van der Waals surface area contributed by atoms with Crippen molar-refractivity contribution < 1.29 is 14.7 Å². The van der Waals surface area contributed by atoms with Gasteiger partial charge in [0.25, 0.3) is 0 Å². The van der Waals surface area contributed by atoms with Crippen LogP contribution >= 0.6 is 11.3 Å². The van der Waals surface area contributed by atoms with Crippen LogP contribution in [0, 0.1) is 0 Å². The van der Waals surface area contributed by atoms with Crippen LogP contribution in [0.2, 0.25) is 0 Å². The first-order chi connectivity index (χ1) is 9.52. The molecule has 0 aliphatic rings. The first kappa shape index (κ1) is 16.4. The molecule has 20 heavy (non-hydrogen) atoms. The van der Waals surface area contributed by atoms with Crippen molar-refractivity contribution in [1.82, 2.24) is 15.6 Å². The molecule has 0 spiro atoms. The Hall–Kier alpha value is -1.63. The summed E-state index contributed by atoms with van der Waals surface area (Å²) in [6.07, 6.45) is 4.40. The van der Waals surface area contributed by atoms with Crippen LogP contribution in [0.3, 0.4) is 0 Å². The number of thiazole rings is 1. The number of carbonyl (C=O) groups is 2. The minimum atomic E-state index is -1.05. The van der Waals surface area contributed by atoms with Gasteiger partial charge >= 0.3 is 12.0 Å². The standard InChI is InChI=1S/C13H21N3O3S/c1-3-4-5-6-9(2)15-13(19)14-7-11-16-10(8-20-11)12(17)18/h8-9H,3-7H2,1-2H3,(H,17,18)(H2,14,15,19). The summed E-state index contributed by atoms with van der Waals surface area (Å²) in [5.74, 6) is -1.05. The van der Waals surface area contributed by atoms with Gasteiger partial charge in [0.1, 0.15) is 5.01 Å². The molecule has 6 nitrogen and oxygen atoms in total. The molecule has 1 heterocycles. The van der Waals surface area contributed by atoms with Gasteiger partial charge in [0.2, 0.25) is 0 Å². The monoisotopic (exact) mass is 299 g/mol. The molecule has 0 radical (unpaired) electrons. The zero-order valence-corrected chi connectivity index (χ0v) is 12.6. The maximum absolute atomic E-state index is 11.6. The van der Waals surface area contributed by atoms with Crippen molar-refractivity contribution in [2.45, 2.75) is 52.1 Å². The number of nitrogens with one attached hydrogen (secondary N) is 2. The second kappa shape index (κ2) is 8.52. The maximum atomic E-state index is 11.6. The number of unbranched alkanes of at least 4 members (excludes halogenated alkanes) is 2. The van der Waals surface area contributed by atoms with Gasteiger partial charge in [0.05, 0.1) is 6.54 Å². The molecular weight excluding hydrogens is 278 g/mol. The lowest BCUT2D eigenvalue weighted by Gasteiger charge is -2.13. The number of amides is 2. The van der Waals surface area contributed by atoms with Crippen LogP contribution in [-0.2, 0) is 6.54 Å². The molecular formula is C13H21N3O3S. The highest BCUT2D eigenvalue weighted by molar-refractivity contribution is 7.09. The molecule has 2 amide bonds. The second-order valence-electron chi connectivity index (χ2n) is 4.66. The third kappa shape index (κ3) is 6.01. The van der Waals surface area contributed by atoms with E-state index >= 15 is 0 Å². The van der Waals surface area contributed by atoms with E-state index in [0.717, 1.165) is 19.3 Å². The second-order valence-corrected chi connectivity index (χ2v) is 5.60. The molecule has 1 unspecified atom stereocenters. The fourth-order valence-electron chi connectivity index (χ4n) is 1.69. The Morgan fingerprint density at radius 2 is 2.20 bits per heavy atom. The molecule has 112 valence electrons. The number of hydrogen-bond donors (Lipinski definition) is 3. The third-order valence-electron chi connectivity index (χ3n) is 2.79. The highest BCUT2D eigenvalue weighted by atomic mass is 32.1. The van der Waals surface area contributed by atoms with Crippen LogP contribution < -0.4 is 10.6 Å². The first-order valence-corrected chi connectivity index (χ1v) is 7.63. The molecule has 1 atom stereocenters. The third-order valence-corrected chi connectivity index (χ3v) is 3.64. The van der Waals surface area contributed by atoms with Crippen LogP contribution in [0.25, 0.3) is 0 Å². The highest BCUT2D eigenvalue weighted by Crippen LogP contribution is 2.09. The van der Waals surface area contributed by atoms with E-state index in [9.17, 15) is 9.59 Å². The largest absolute Gasteiger partial charge is 0.476 e.